The van der Waals surface area contributed by atoms with Gasteiger partial charge >= 0.3 is 0 Å². The summed E-state index contributed by atoms with van der Waals surface area (Å²) in [6, 6.07) is 6.66. The maximum Gasteiger partial charge on any atom is 0.288 e. The molecule has 1 aromatic heterocycles. The topological polar surface area (TPSA) is 80.8 Å². The minimum atomic E-state index is -3.60. The molecule has 10 heteroatoms. The highest BCUT2D eigenvalue weighted by Crippen LogP contribution is 2.24. The fourth-order valence-electron chi connectivity index (χ4n) is 3.65. The summed E-state index contributed by atoms with van der Waals surface area (Å²) in [5.74, 6) is 1.35. The molecule has 1 aromatic carbocycles. The molecule has 1 saturated heterocycles. The zero-order valence-corrected chi connectivity index (χ0v) is 20.3. The van der Waals surface area contributed by atoms with Crippen molar-refractivity contribution in [3.63, 3.8) is 0 Å². The van der Waals surface area contributed by atoms with E-state index >= 15 is 0 Å². The lowest BCUT2D eigenvalue weighted by Gasteiger charge is -2.26. The van der Waals surface area contributed by atoms with E-state index in [9.17, 15) is 8.42 Å². The van der Waals surface area contributed by atoms with E-state index in [1.54, 1.807) is 28.9 Å². The fraction of sp³-hybridized carbons (Fsp3) is 0.619. The molecule has 0 aliphatic carbocycles. The molecule has 0 amide bonds. The molecular weight excluding hydrogens is 436 g/mol. The SMILES string of the molecule is CC(C)CN(CC(C)C)Cn1nc(-c2cccc(S(=O)(=O)N3CCOCC3)c2)oc1=S. The standard InChI is InChI=1S/C21H32N4O4S2/c1-16(2)13-23(14-17(3)4)15-25-21(30)29-20(22-25)18-6-5-7-19(12-18)31(26,27)24-8-10-28-11-9-24/h5-7,12,16-17H,8-11,13-15H2,1-4H3. The van der Waals surface area contributed by atoms with E-state index in [0.29, 0.717) is 56.3 Å². The van der Waals surface area contributed by atoms with E-state index < -0.39 is 10.0 Å². The summed E-state index contributed by atoms with van der Waals surface area (Å²) in [6.45, 7) is 12.6. The van der Waals surface area contributed by atoms with Crippen LogP contribution in [0, 0.1) is 16.7 Å². The summed E-state index contributed by atoms with van der Waals surface area (Å²) < 4.78 is 40.1. The molecule has 31 heavy (non-hydrogen) atoms. The number of benzene rings is 1. The van der Waals surface area contributed by atoms with Crippen LogP contribution in [0.3, 0.4) is 0 Å². The molecule has 1 fully saturated rings. The number of sulfonamides is 1. The Balaban J connectivity index is 1.84. The van der Waals surface area contributed by atoms with Gasteiger partial charge in [0.05, 0.1) is 24.8 Å². The second-order valence-corrected chi connectivity index (χ2v) is 11.0. The second kappa shape index (κ2) is 10.4. The van der Waals surface area contributed by atoms with Gasteiger partial charge in [0.25, 0.3) is 4.84 Å². The van der Waals surface area contributed by atoms with Crippen molar-refractivity contribution >= 4 is 22.2 Å². The van der Waals surface area contributed by atoms with Gasteiger partial charge in [-0.15, -0.1) is 5.10 Å². The van der Waals surface area contributed by atoms with Crippen LogP contribution >= 0.6 is 12.2 Å². The van der Waals surface area contributed by atoms with Crippen molar-refractivity contribution in [3.8, 4) is 11.5 Å². The summed E-state index contributed by atoms with van der Waals surface area (Å²) in [4.78, 5) is 2.79. The van der Waals surface area contributed by atoms with E-state index in [1.807, 2.05) is 0 Å². The fourth-order valence-corrected chi connectivity index (χ4v) is 5.28. The van der Waals surface area contributed by atoms with Crippen molar-refractivity contribution in [1.29, 1.82) is 0 Å². The predicted octanol–water partition coefficient (Wildman–Crippen LogP) is 3.46. The third-order valence-electron chi connectivity index (χ3n) is 4.88. The van der Waals surface area contributed by atoms with Crippen LogP contribution in [-0.2, 0) is 21.4 Å². The molecule has 2 heterocycles. The van der Waals surface area contributed by atoms with Crippen molar-refractivity contribution < 1.29 is 17.6 Å². The number of aromatic nitrogens is 2. The first-order valence-corrected chi connectivity index (χ1v) is 12.5. The van der Waals surface area contributed by atoms with Gasteiger partial charge in [-0.05, 0) is 42.3 Å². The second-order valence-electron chi connectivity index (χ2n) is 8.68. The molecule has 3 rings (SSSR count). The number of hydrogen-bond donors (Lipinski definition) is 0. The number of hydrogen-bond acceptors (Lipinski definition) is 7. The Kier molecular flexibility index (Phi) is 8.03. The number of nitrogens with zero attached hydrogens (tertiary/aromatic N) is 4. The van der Waals surface area contributed by atoms with Gasteiger partial charge in [0.15, 0.2) is 0 Å². The third kappa shape index (κ3) is 6.23. The Morgan fingerprint density at radius 3 is 2.39 bits per heavy atom. The molecule has 0 bridgehead atoms. The molecule has 172 valence electrons. The molecule has 0 radical (unpaired) electrons. The normalized spacial score (nSPS) is 16.0. The Labute approximate surface area is 189 Å². The zero-order valence-electron chi connectivity index (χ0n) is 18.7. The zero-order chi connectivity index (χ0) is 22.6. The Morgan fingerprint density at radius 1 is 1.13 bits per heavy atom. The molecule has 0 atom stereocenters. The van der Waals surface area contributed by atoms with Gasteiger partial charge in [-0.2, -0.15) is 4.31 Å². The summed E-state index contributed by atoms with van der Waals surface area (Å²) in [6.07, 6.45) is 0. The first-order chi connectivity index (χ1) is 14.7. The minimum absolute atomic E-state index is 0.212. The Hall–Kier alpha value is -1.59. The minimum Gasteiger partial charge on any atom is -0.409 e. The number of ether oxygens (including phenoxy) is 1. The highest BCUT2D eigenvalue weighted by Gasteiger charge is 2.27. The molecule has 8 nitrogen and oxygen atoms in total. The summed E-state index contributed by atoms with van der Waals surface area (Å²) in [7, 11) is -3.60. The van der Waals surface area contributed by atoms with Crippen LogP contribution in [0.2, 0.25) is 0 Å². The van der Waals surface area contributed by atoms with Crippen LogP contribution in [0.1, 0.15) is 27.7 Å². The van der Waals surface area contributed by atoms with Crippen LogP contribution < -0.4 is 0 Å². The predicted molar refractivity (Wildman–Crippen MR) is 122 cm³/mol. The van der Waals surface area contributed by atoms with E-state index in [4.69, 9.17) is 21.4 Å². The van der Waals surface area contributed by atoms with Crippen LogP contribution in [0.5, 0.6) is 0 Å². The number of rotatable bonds is 9. The summed E-state index contributed by atoms with van der Waals surface area (Å²) >= 11 is 5.39. The smallest absolute Gasteiger partial charge is 0.288 e. The maximum atomic E-state index is 13.0. The third-order valence-corrected chi connectivity index (χ3v) is 7.06. The highest BCUT2D eigenvalue weighted by atomic mass is 32.2. The van der Waals surface area contributed by atoms with Gasteiger partial charge < -0.3 is 9.15 Å². The summed E-state index contributed by atoms with van der Waals surface area (Å²) in [5.41, 5.74) is 0.582. The highest BCUT2D eigenvalue weighted by molar-refractivity contribution is 7.89. The van der Waals surface area contributed by atoms with Gasteiger partial charge in [-0.3, -0.25) is 4.90 Å². The van der Waals surface area contributed by atoms with E-state index in [1.165, 1.54) is 4.31 Å². The van der Waals surface area contributed by atoms with E-state index in [0.717, 1.165) is 13.1 Å². The largest absolute Gasteiger partial charge is 0.409 e. The molecule has 2 aromatic rings. The lowest BCUT2D eigenvalue weighted by Crippen LogP contribution is -2.40. The van der Waals surface area contributed by atoms with Crippen LogP contribution in [0.15, 0.2) is 33.6 Å². The van der Waals surface area contributed by atoms with Gasteiger partial charge in [-0.1, -0.05) is 33.8 Å². The van der Waals surface area contributed by atoms with Crippen molar-refractivity contribution in [2.24, 2.45) is 11.8 Å². The molecule has 0 saturated carbocycles. The van der Waals surface area contributed by atoms with Crippen LogP contribution in [-0.4, -0.2) is 66.8 Å². The lowest BCUT2D eigenvalue weighted by atomic mass is 10.1. The maximum absolute atomic E-state index is 13.0. The van der Waals surface area contributed by atoms with Crippen LogP contribution in [0.25, 0.3) is 11.5 Å². The first kappa shape index (κ1) is 24.1. The van der Waals surface area contributed by atoms with E-state index in [2.05, 4.69) is 37.7 Å². The van der Waals surface area contributed by atoms with Crippen LogP contribution in [0.4, 0.5) is 0 Å². The van der Waals surface area contributed by atoms with Crippen molar-refractivity contribution in [2.75, 3.05) is 39.4 Å². The van der Waals surface area contributed by atoms with Crippen molar-refractivity contribution in [3.05, 3.63) is 29.1 Å². The van der Waals surface area contributed by atoms with Crippen molar-refractivity contribution in [1.82, 2.24) is 19.0 Å². The lowest BCUT2D eigenvalue weighted by molar-refractivity contribution is 0.0730. The molecule has 0 unspecified atom stereocenters. The molecule has 0 N–H and O–H groups in total. The molecule has 0 spiro atoms. The average Bonchev–Trinajstić information content (AvgIpc) is 3.08. The van der Waals surface area contributed by atoms with Gasteiger partial charge in [0.2, 0.25) is 15.9 Å². The quantitative estimate of drug-likeness (QED) is 0.521. The molecule has 1 aliphatic rings. The number of morpholine rings is 1. The Morgan fingerprint density at radius 2 is 1.77 bits per heavy atom. The van der Waals surface area contributed by atoms with Crippen molar-refractivity contribution in [2.45, 2.75) is 39.3 Å². The van der Waals surface area contributed by atoms with Gasteiger partial charge in [0.1, 0.15) is 0 Å². The molecular formula is C21H32N4O4S2. The Bertz CT molecular complexity index is 1010. The molecule has 1 aliphatic heterocycles. The van der Waals surface area contributed by atoms with Gasteiger partial charge in [-0.25, -0.2) is 13.1 Å². The average molecular weight is 469 g/mol. The van der Waals surface area contributed by atoms with Gasteiger partial charge in [0, 0.05) is 31.7 Å². The monoisotopic (exact) mass is 468 g/mol. The van der Waals surface area contributed by atoms with E-state index in [-0.39, 0.29) is 9.73 Å². The first-order valence-electron chi connectivity index (χ1n) is 10.7. The summed E-state index contributed by atoms with van der Waals surface area (Å²) in [5, 5.41) is 4.55.